The van der Waals surface area contributed by atoms with Crippen LogP contribution in [0, 0.1) is 0 Å². The molecule has 2 nitrogen and oxygen atoms in total. The molecule has 0 fully saturated rings. The van der Waals surface area contributed by atoms with Crippen molar-refractivity contribution in [1.82, 2.24) is 0 Å². The molecule has 0 bridgehead atoms. The monoisotopic (exact) mass is 379 g/mol. The molecule has 2 aromatic carbocycles. The molecule has 2 aromatic rings. The largest absolute Gasteiger partial charge is 0.506 e. The number of phenolic OH excluding ortho intramolecular Hbond substituents is 1. The third kappa shape index (κ3) is 3.69. The minimum Gasteiger partial charge on any atom is -0.506 e. The van der Waals surface area contributed by atoms with Crippen LogP contribution in [-0.4, -0.2) is 5.11 Å². The fourth-order valence-electron chi connectivity index (χ4n) is 1.58. The van der Waals surface area contributed by atoms with Gasteiger partial charge in [0.05, 0.1) is 5.02 Å². The van der Waals surface area contributed by atoms with E-state index >= 15 is 0 Å². The molecule has 100 valence electrons. The van der Waals surface area contributed by atoms with E-state index in [-0.39, 0.29) is 10.8 Å². The number of nitrogens with one attached hydrogen (secondary N) is 1. The number of rotatable bonds is 3. The summed E-state index contributed by atoms with van der Waals surface area (Å²) in [6.45, 7) is 0.395. The van der Waals surface area contributed by atoms with Crippen LogP contribution in [0.3, 0.4) is 0 Å². The van der Waals surface area contributed by atoms with Crippen LogP contribution >= 0.6 is 50.7 Å². The van der Waals surface area contributed by atoms with Gasteiger partial charge in [0.15, 0.2) is 0 Å². The summed E-state index contributed by atoms with van der Waals surface area (Å²) in [5.74, 6) is 0.0312. The Morgan fingerprint density at radius 3 is 2.47 bits per heavy atom. The van der Waals surface area contributed by atoms with Gasteiger partial charge in [0.2, 0.25) is 0 Å². The predicted octanol–water partition coefficient (Wildman–Crippen LogP) is 5.73. The van der Waals surface area contributed by atoms with E-state index < -0.39 is 0 Å². The van der Waals surface area contributed by atoms with Crippen molar-refractivity contribution in [2.45, 2.75) is 6.54 Å². The van der Waals surface area contributed by atoms with Crippen molar-refractivity contribution in [2.24, 2.45) is 0 Å². The van der Waals surface area contributed by atoms with Crippen molar-refractivity contribution in [3.8, 4) is 5.75 Å². The summed E-state index contributed by atoms with van der Waals surface area (Å²) in [7, 11) is 0. The smallest absolute Gasteiger partial charge is 0.139 e. The SMILES string of the molecule is Oc1c(Cl)cc(Cl)cc1CNc1ccc(Cl)cc1Br. The lowest BCUT2D eigenvalue weighted by Crippen LogP contribution is -2.00. The zero-order chi connectivity index (χ0) is 14.0. The highest BCUT2D eigenvalue weighted by atomic mass is 79.9. The number of hydrogen-bond acceptors (Lipinski definition) is 2. The van der Waals surface area contributed by atoms with Crippen LogP contribution in [0.2, 0.25) is 15.1 Å². The topological polar surface area (TPSA) is 32.3 Å². The Balaban J connectivity index is 2.19. The Bertz CT molecular complexity index is 619. The second-order valence-electron chi connectivity index (χ2n) is 3.87. The van der Waals surface area contributed by atoms with Crippen molar-refractivity contribution in [3.63, 3.8) is 0 Å². The molecular formula is C13H9BrCl3NO. The summed E-state index contributed by atoms with van der Waals surface area (Å²) in [5.41, 5.74) is 1.49. The van der Waals surface area contributed by atoms with E-state index in [1.165, 1.54) is 6.07 Å². The van der Waals surface area contributed by atoms with E-state index in [0.29, 0.717) is 22.2 Å². The fraction of sp³-hybridized carbons (Fsp3) is 0.0769. The van der Waals surface area contributed by atoms with Crippen molar-refractivity contribution >= 4 is 56.4 Å². The van der Waals surface area contributed by atoms with Crippen LogP contribution in [0.25, 0.3) is 0 Å². The van der Waals surface area contributed by atoms with Crippen molar-refractivity contribution in [2.75, 3.05) is 5.32 Å². The van der Waals surface area contributed by atoms with Crippen molar-refractivity contribution in [3.05, 3.63) is 55.4 Å². The number of aromatic hydroxyl groups is 1. The average molecular weight is 381 g/mol. The normalized spacial score (nSPS) is 10.5. The van der Waals surface area contributed by atoms with Gasteiger partial charge in [-0.3, -0.25) is 0 Å². The summed E-state index contributed by atoms with van der Waals surface area (Å²) in [6, 6.07) is 8.57. The van der Waals surface area contributed by atoms with Crippen LogP contribution in [0.1, 0.15) is 5.56 Å². The molecule has 0 atom stereocenters. The van der Waals surface area contributed by atoms with Crippen LogP contribution in [0.15, 0.2) is 34.8 Å². The highest BCUT2D eigenvalue weighted by Crippen LogP contribution is 2.32. The molecule has 0 heterocycles. The number of halogens is 4. The van der Waals surface area contributed by atoms with Gasteiger partial charge in [-0.15, -0.1) is 0 Å². The van der Waals surface area contributed by atoms with E-state index in [1.54, 1.807) is 18.2 Å². The van der Waals surface area contributed by atoms with Gasteiger partial charge < -0.3 is 10.4 Å². The Hall–Kier alpha value is -0.610. The van der Waals surface area contributed by atoms with Gasteiger partial charge >= 0.3 is 0 Å². The Labute approximate surface area is 134 Å². The molecule has 0 amide bonds. The second kappa shape index (κ2) is 6.23. The van der Waals surface area contributed by atoms with Gasteiger partial charge in [-0.25, -0.2) is 0 Å². The summed E-state index contributed by atoms with van der Waals surface area (Å²) in [4.78, 5) is 0. The predicted molar refractivity (Wildman–Crippen MR) is 84.6 cm³/mol. The number of benzene rings is 2. The molecule has 6 heteroatoms. The van der Waals surface area contributed by atoms with Gasteiger partial charge in [0.1, 0.15) is 5.75 Å². The van der Waals surface area contributed by atoms with Crippen LogP contribution in [-0.2, 0) is 6.54 Å². The molecule has 0 aliphatic carbocycles. The first-order valence-electron chi connectivity index (χ1n) is 5.33. The number of phenols is 1. The van der Waals surface area contributed by atoms with E-state index in [0.717, 1.165) is 10.2 Å². The minimum absolute atomic E-state index is 0.0312. The Morgan fingerprint density at radius 1 is 1.05 bits per heavy atom. The maximum Gasteiger partial charge on any atom is 0.139 e. The molecule has 0 aromatic heterocycles. The van der Waals surface area contributed by atoms with E-state index in [4.69, 9.17) is 34.8 Å². The maximum atomic E-state index is 9.85. The molecule has 0 saturated carbocycles. The van der Waals surface area contributed by atoms with Crippen molar-refractivity contribution < 1.29 is 5.11 Å². The van der Waals surface area contributed by atoms with E-state index in [9.17, 15) is 5.11 Å². The van der Waals surface area contributed by atoms with Gasteiger partial charge in [-0.05, 0) is 46.3 Å². The Kier molecular flexibility index (Phi) is 4.85. The summed E-state index contributed by atoms with van der Waals surface area (Å²) < 4.78 is 0.840. The molecular weight excluding hydrogens is 372 g/mol. The lowest BCUT2D eigenvalue weighted by Gasteiger charge is -2.11. The molecule has 0 spiro atoms. The Morgan fingerprint density at radius 2 is 1.79 bits per heavy atom. The zero-order valence-corrected chi connectivity index (χ0v) is 13.4. The molecule has 0 unspecified atom stereocenters. The van der Waals surface area contributed by atoms with Crippen LogP contribution < -0.4 is 5.32 Å². The lowest BCUT2D eigenvalue weighted by molar-refractivity contribution is 0.469. The first-order chi connectivity index (χ1) is 8.97. The highest BCUT2D eigenvalue weighted by Gasteiger charge is 2.08. The van der Waals surface area contributed by atoms with E-state index in [1.807, 2.05) is 6.07 Å². The average Bonchev–Trinajstić information content (AvgIpc) is 2.33. The third-order valence-corrected chi connectivity index (χ3v) is 3.91. The number of hydrogen-bond donors (Lipinski definition) is 2. The first kappa shape index (κ1) is 14.8. The van der Waals surface area contributed by atoms with Gasteiger partial charge in [0, 0.05) is 32.3 Å². The number of anilines is 1. The summed E-state index contributed by atoms with van der Waals surface area (Å²) in [6.07, 6.45) is 0. The molecule has 2 N–H and O–H groups in total. The molecule has 0 saturated heterocycles. The standard InChI is InChI=1S/C13H9BrCl3NO/c14-10-4-8(15)1-2-12(10)18-6-7-3-9(16)5-11(17)13(7)19/h1-5,18-19H,6H2. The van der Waals surface area contributed by atoms with Gasteiger partial charge in [0.25, 0.3) is 0 Å². The van der Waals surface area contributed by atoms with E-state index in [2.05, 4.69) is 21.2 Å². The third-order valence-electron chi connectivity index (χ3n) is 2.51. The lowest BCUT2D eigenvalue weighted by atomic mass is 10.2. The van der Waals surface area contributed by atoms with Gasteiger partial charge in [-0.1, -0.05) is 34.8 Å². The van der Waals surface area contributed by atoms with Crippen LogP contribution in [0.5, 0.6) is 5.75 Å². The molecule has 0 radical (unpaired) electrons. The maximum absolute atomic E-state index is 9.85. The fourth-order valence-corrected chi connectivity index (χ4v) is 2.94. The molecule has 0 aliphatic heterocycles. The van der Waals surface area contributed by atoms with Crippen LogP contribution in [0.4, 0.5) is 5.69 Å². The second-order valence-corrected chi connectivity index (χ2v) is 6.01. The quantitative estimate of drug-likeness (QED) is 0.712. The minimum atomic E-state index is 0.0312. The molecule has 19 heavy (non-hydrogen) atoms. The first-order valence-corrected chi connectivity index (χ1v) is 7.26. The van der Waals surface area contributed by atoms with Gasteiger partial charge in [-0.2, -0.15) is 0 Å². The zero-order valence-electron chi connectivity index (χ0n) is 9.55. The van der Waals surface area contributed by atoms with Crippen molar-refractivity contribution in [1.29, 1.82) is 0 Å². The summed E-state index contributed by atoms with van der Waals surface area (Å²) in [5, 5.41) is 14.4. The highest BCUT2D eigenvalue weighted by molar-refractivity contribution is 9.10. The molecule has 0 aliphatic rings. The summed E-state index contributed by atoms with van der Waals surface area (Å²) >= 11 is 21.0. The molecule has 2 rings (SSSR count).